The Morgan fingerprint density at radius 2 is 2.09 bits per heavy atom. The Hall–Kier alpha value is -3.82. The Morgan fingerprint density at radius 1 is 1.34 bits per heavy atom. The van der Waals surface area contributed by atoms with Crippen LogP contribution in [0.5, 0.6) is 0 Å². The van der Waals surface area contributed by atoms with Crippen LogP contribution >= 0.6 is 0 Å². The first kappa shape index (κ1) is 20.1. The van der Waals surface area contributed by atoms with Gasteiger partial charge in [-0.2, -0.15) is 10.2 Å². The third kappa shape index (κ3) is 3.10. The number of pyridine rings is 1. The molecule has 8 nitrogen and oxygen atoms in total. The third-order valence-electron chi connectivity index (χ3n) is 5.92. The van der Waals surface area contributed by atoms with Gasteiger partial charge in [0.05, 0.1) is 23.1 Å². The Kier molecular flexibility index (Phi) is 4.47. The summed E-state index contributed by atoms with van der Waals surface area (Å²) in [6.07, 6.45) is 2.46. The fourth-order valence-electron chi connectivity index (χ4n) is 3.96. The molecular formula is C22H20F2N6O2. The van der Waals surface area contributed by atoms with Crippen LogP contribution in [0.1, 0.15) is 18.9 Å². The maximum atomic E-state index is 15.4. The zero-order valence-electron chi connectivity index (χ0n) is 17.6. The highest BCUT2D eigenvalue weighted by Crippen LogP contribution is 2.40. The molecule has 0 bridgehead atoms. The lowest BCUT2D eigenvalue weighted by Crippen LogP contribution is -2.24. The number of carbonyl (C=O) groups is 2. The molecule has 3 heterocycles. The second kappa shape index (κ2) is 7.11. The van der Waals surface area contributed by atoms with Crippen molar-refractivity contribution < 1.29 is 18.4 Å². The lowest BCUT2D eigenvalue weighted by atomic mass is 9.95. The van der Waals surface area contributed by atoms with Gasteiger partial charge in [-0.1, -0.05) is 0 Å². The Labute approximate surface area is 181 Å². The van der Waals surface area contributed by atoms with E-state index in [0.717, 1.165) is 5.56 Å². The van der Waals surface area contributed by atoms with E-state index in [9.17, 15) is 14.0 Å². The Morgan fingerprint density at radius 3 is 2.78 bits per heavy atom. The van der Waals surface area contributed by atoms with Gasteiger partial charge in [-0.25, -0.2) is 13.3 Å². The van der Waals surface area contributed by atoms with E-state index in [1.54, 1.807) is 36.0 Å². The van der Waals surface area contributed by atoms with E-state index in [0.29, 0.717) is 33.4 Å². The fraction of sp³-hybridized carbons (Fsp3) is 0.273. The van der Waals surface area contributed by atoms with Crippen molar-refractivity contribution in [1.82, 2.24) is 19.8 Å². The number of carbonyl (C=O) groups excluding carboxylic acids is 2. The van der Waals surface area contributed by atoms with Gasteiger partial charge in [-0.05, 0) is 42.2 Å². The molecule has 2 amide bonds. The number of halogens is 2. The second-order valence-corrected chi connectivity index (χ2v) is 8.06. The first-order valence-electron chi connectivity index (χ1n) is 10.1. The molecule has 0 spiro atoms. The zero-order chi connectivity index (χ0) is 22.7. The minimum atomic E-state index is -1.08. The number of fused-ring (bicyclic) bond motifs is 2. The summed E-state index contributed by atoms with van der Waals surface area (Å²) in [6.45, 7) is 3.02. The number of benzene rings is 1. The van der Waals surface area contributed by atoms with Crippen LogP contribution in [0, 0.1) is 18.7 Å². The molecule has 4 aromatic rings. The lowest BCUT2D eigenvalue weighted by Gasteiger charge is -2.20. The van der Waals surface area contributed by atoms with Crippen LogP contribution < -0.4 is 10.2 Å². The third-order valence-corrected chi connectivity index (χ3v) is 5.92. The van der Waals surface area contributed by atoms with Crippen molar-refractivity contribution in [2.24, 2.45) is 5.92 Å². The zero-order valence-corrected chi connectivity index (χ0v) is 17.6. The highest BCUT2D eigenvalue weighted by molar-refractivity contribution is 6.07. The lowest BCUT2D eigenvalue weighted by molar-refractivity contribution is -0.118. The van der Waals surface area contributed by atoms with Crippen molar-refractivity contribution in [1.29, 1.82) is 0 Å². The van der Waals surface area contributed by atoms with Gasteiger partial charge in [0.1, 0.15) is 11.9 Å². The van der Waals surface area contributed by atoms with E-state index in [1.807, 2.05) is 6.07 Å². The van der Waals surface area contributed by atoms with Crippen LogP contribution in [0.2, 0.25) is 0 Å². The molecule has 2 N–H and O–H groups in total. The highest BCUT2D eigenvalue weighted by atomic mass is 19.1. The molecular weight excluding hydrogens is 418 g/mol. The summed E-state index contributed by atoms with van der Waals surface area (Å²) in [7, 11) is 1.51. The summed E-state index contributed by atoms with van der Waals surface area (Å²) in [4.78, 5) is 25.1. The molecule has 1 aliphatic carbocycles. The number of aromatic amines is 1. The molecule has 1 aromatic carbocycles. The highest BCUT2D eigenvalue weighted by Gasteiger charge is 2.43. The molecule has 0 aliphatic heterocycles. The number of anilines is 2. The molecule has 32 heavy (non-hydrogen) atoms. The van der Waals surface area contributed by atoms with Crippen molar-refractivity contribution in [3.63, 3.8) is 0 Å². The molecule has 2 atom stereocenters. The van der Waals surface area contributed by atoms with E-state index in [1.165, 1.54) is 18.9 Å². The fourth-order valence-corrected chi connectivity index (χ4v) is 3.96. The van der Waals surface area contributed by atoms with Crippen molar-refractivity contribution in [3.05, 3.63) is 42.0 Å². The predicted molar refractivity (Wildman–Crippen MR) is 116 cm³/mol. The van der Waals surface area contributed by atoms with Crippen LogP contribution in [-0.2, 0) is 9.59 Å². The average molecular weight is 438 g/mol. The van der Waals surface area contributed by atoms with Crippen LogP contribution in [0.25, 0.3) is 27.5 Å². The molecule has 1 saturated carbocycles. The summed E-state index contributed by atoms with van der Waals surface area (Å²) >= 11 is 0. The average Bonchev–Trinajstić information content (AvgIpc) is 3.11. The van der Waals surface area contributed by atoms with E-state index < -0.39 is 17.9 Å². The number of nitrogens with one attached hydrogen (secondary N) is 2. The molecule has 0 unspecified atom stereocenters. The van der Waals surface area contributed by atoms with E-state index in [-0.39, 0.29) is 23.9 Å². The van der Waals surface area contributed by atoms with Crippen molar-refractivity contribution >= 4 is 39.7 Å². The second-order valence-electron chi connectivity index (χ2n) is 8.06. The Bertz CT molecular complexity index is 1410. The summed E-state index contributed by atoms with van der Waals surface area (Å²) in [5.74, 6) is -1.49. The van der Waals surface area contributed by atoms with E-state index >= 15 is 4.39 Å². The standard InChI is InChI=1S/C22H20F2N6O2/c1-10-18(15-9-25-27-20(15)21(19(10)24)29(3)11(2)31)12-4-5-30-13(6-12)7-17(28-30)26-22(32)14-8-16(14)23/h4-7,9,14,16H,8H2,1-3H3,(H,25,27)(H,26,28,32)/t14-,16+/m1/s1. The van der Waals surface area contributed by atoms with Gasteiger partial charge in [0.15, 0.2) is 11.6 Å². The van der Waals surface area contributed by atoms with Crippen LogP contribution in [-0.4, -0.2) is 44.8 Å². The first-order valence-corrected chi connectivity index (χ1v) is 10.1. The molecule has 1 fully saturated rings. The van der Waals surface area contributed by atoms with Crippen molar-refractivity contribution in [2.45, 2.75) is 26.4 Å². The SMILES string of the molecule is CC(=O)N(C)c1c(F)c(C)c(-c2ccn3nc(NC(=O)[C@@H]4C[C@@H]4F)cc3c2)c2cn[nH]c12. The maximum absolute atomic E-state index is 15.4. The summed E-state index contributed by atoms with van der Waals surface area (Å²) in [5.41, 5.74) is 2.98. The van der Waals surface area contributed by atoms with Gasteiger partial charge in [-0.3, -0.25) is 14.7 Å². The number of hydrogen-bond acceptors (Lipinski definition) is 4. The van der Waals surface area contributed by atoms with E-state index in [2.05, 4.69) is 20.6 Å². The van der Waals surface area contributed by atoms with Gasteiger partial charge in [-0.15, -0.1) is 0 Å². The van der Waals surface area contributed by atoms with E-state index in [4.69, 9.17) is 0 Å². The van der Waals surface area contributed by atoms with Gasteiger partial charge in [0, 0.05) is 31.6 Å². The number of aromatic nitrogens is 4. The normalized spacial score (nSPS) is 17.7. The predicted octanol–water partition coefficient (Wildman–Crippen LogP) is 3.60. The molecule has 164 valence electrons. The largest absolute Gasteiger partial charge is 0.311 e. The minimum Gasteiger partial charge on any atom is -0.311 e. The Balaban J connectivity index is 1.59. The summed E-state index contributed by atoms with van der Waals surface area (Å²) in [5, 5.41) is 14.5. The first-order chi connectivity index (χ1) is 15.3. The number of amides is 2. The van der Waals surface area contributed by atoms with Gasteiger partial charge >= 0.3 is 0 Å². The molecule has 0 saturated heterocycles. The smallest absolute Gasteiger partial charge is 0.231 e. The number of H-pyrrole nitrogens is 1. The number of nitrogens with zero attached hydrogens (tertiary/aromatic N) is 4. The van der Waals surface area contributed by atoms with Crippen molar-refractivity contribution in [2.75, 3.05) is 17.3 Å². The van der Waals surface area contributed by atoms with Crippen LogP contribution in [0.15, 0.2) is 30.6 Å². The topological polar surface area (TPSA) is 95.4 Å². The molecule has 10 heteroatoms. The monoisotopic (exact) mass is 438 g/mol. The van der Waals surface area contributed by atoms with Gasteiger partial charge in [0.2, 0.25) is 11.8 Å². The molecule has 1 aliphatic rings. The quantitative estimate of drug-likeness (QED) is 0.509. The maximum Gasteiger partial charge on any atom is 0.231 e. The number of hydrogen-bond donors (Lipinski definition) is 2. The molecule has 5 rings (SSSR count). The minimum absolute atomic E-state index is 0.146. The van der Waals surface area contributed by atoms with Crippen LogP contribution in [0.4, 0.5) is 20.3 Å². The molecule has 3 aromatic heterocycles. The summed E-state index contributed by atoms with van der Waals surface area (Å²) in [6, 6.07) is 5.28. The molecule has 0 radical (unpaired) electrons. The van der Waals surface area contributed by atoms with Gasteiger partial charge in [0.25, 0.3) is 0 Å². The number of alkyl halides is 1. The summed E-state index contributed by atoms with van der Waals surface area (Å²) < 4.78 is 30.1. The van der Waals surface area contributed by atoms with Crippen LogP contribution in [0.3, 0.4) is 0 Å². The van der Waals surface area contributed by atoms with Gasteiger partial charge < -0.3 is 10.2 Å². The number of rotatable bonds is 4. The van der Waals surface area contributed by atoms with Crippen molar-refractivity contribution in [3.8, 4) is 11.1 Å².